The second kappa shape index (κ2) is 17.8. The van der Waals surface area contributed by atoms with Crippen LogP contribution >= 0.6 is 0 Å². The Morgan fingerprint density at radius 3 is 0.667 bits per heavy atom. The third-order valence-corrected chi connectivity index (χ3v) is 2.31. The number of rotatable bonds is 2. The molecule has 0 amide bonds. The molecule has 0 fully saturated rings. The van der Waals surface area contributed by atoms with Crippen LogP contribution in [0, 0.1) is 23.7 Å². The van der Waals surface area contributed by atoms with Crippen LogP contribution in [0.4, 0.5) is 0 Å². The van der Waals surface area contributed by atoms with Gasteiger partial charge in [-0.1, -0.05) is 27.7 Å². The second-order valence-electron chi connectivity index (χ2n) is 4.46. The Labute approximate surface area is 129 Å². The summed E-state index contributed by atoms with van der Waals surface area (Å²) in [6.07, 6.45) is 0. The number of halogens is 2. The first-order valence-corrected chi connectivity index (χ1v) is 4.89. The first kappa shape index (κ1) is 30.0. The zero-order chi connectivity index (χ0) is 10.3. The third kappa shape index (κ3) is 31.3. The molecule has 0 spiro atoms. The van der Waals surface area contributed by atoms with Crippen LogP contribution in [-0.2, 0) is 25.8 Å². The standard InChI is InChI=1S/2C6H13.2ClH.Hf/c2*1-5(2)6(3)4;;;/h2*5H,1-4H3;2*1H;/q2*-1;;;+4/p-2. The van der Waals surface area contributed by atoms with E-state index in [1.807, 2.05) is 0 Å². The molecule has 0 rings (SSSR count). The molecule has 0 aromatic heterocycles. The van der Waals surface area contributed by atoms with E-state index >= 15 is 0 Å². The van der Waals surface area contributed by atoms with E-state index in [4.69, 9.17) is 0 Å². The minimum Gasteiger partial charge on any atom is -1.00 e. The van der Waals surface area contributed by atoms with Crippen LogP contribution in [-0.4, -0.2) is 0 Å². The molecular formula is C12H26Cl2Hf. The average molecular weight is 420 g/mol. The van der Waals surface area contributed by atoms with Crippen molar-refractivity contribution in [1.29, 1.82) is 0 Å². The molecule has 0 N–H and O–H groups in total. The normalized spacial score (nSPS) is 8.80. The van der Waals surface area contributed by atoms with Crippen LogP contribution in [0.3, 0.4) is 0 Å². The Balaban J connectivity index is -0.0000000370. The molecule has 0 aliphatic rings. The number of hydrogen-bond donors (Lipinski definition) is 0. The molecule has 15 heavy (non-hydrogen) atoms. The summed E-state index contributed by atoms with van der Waals surface area (Å²) in [4.78, 5) is 0. The number of hydrogen-bond acceptors (Lipinski definition) is 0. The summed E-state index contributed by atoms with van der Waals surface area (Å²) < 4.78 is 0. The van der Waals surface area contributed by atoms with Crippen LogP contribution < -0.4 is 24.8 Å². The average Bonchev–Trinajstić information content (AvgIpc) is 1.88. The van der Waals surface area contributed by atoms with E-state index in [9.17, 15) is 0 Å². The molecule has 0 aromatic carbocycles. The van der Waals surface area contributed by atoms with E-state index in [0.29, 0.717) is 0 Å². The van der Waals surface area contributed by atoms with Crippen molar-refractivity contribution in [2.75, 3.05) is 0 Å². The fraction of sp³-hybridized carbons (Fsp3) is 0.833. The van der Waals surface area contributed by atoms with Gasteiger partial charge in [0.2, 0.25) is 0 Å². The van der Waals surface area contributed by atoms with Crippen molar-refractivity contribution in [1.82, 2.24) is 0 Å². The molecular weight excluding hydrogens is 394 g/mol. The van der Waals surface area contributed by atoms with E-state index in [0.717, 1.165) is 11.8 Å². The predicted octanol–water partition coefficient (Wildman–Crippen LogP) is -1.48. The van der Waals surface area contributed by atoms with Crippen LogP contribution in [0.5, 0.6) is 0 Å². The topological polar surface area (TPSA) is 0 Å². The molecule has 0 saturated carbocycles. The zero-order valence-corrected chi connectivity index (χ0v) is 16.5. The quantitative estimate of drug-likeness (QED) is 0.378. The summed E-state index contributed by atoms with van der Waals surface area (Å²) in [6.45, 7) is 17.4. The van der Waals surface area contributed by atoms with E-state index in [2.05, 4.69) is 55.4 Å². The molecule has 0 bridgehead atoms. The molecule has 0 aliphatic carbocycles. The zero-order valence-electron chi connectivity index (χ0n) is 11.4. The van der Waals surface area contributed by atoms with Gasteiger partial charge >= 0.3 is 25.8 Å². The van der Waals surface area contributed by atoms with Crippen molar-refractivity contribution in [3.63, 3.8) is 0 Å². The van der Waals surface area contributed by atoms with Crippen LogP contribution in [0.25, 0.3) is 0 Å². The van der Waals surface area contributed by atoms with Gasteiger partial charge in [0, 0.05) is 0 Å². The van der Waals surface area contributed by atoms with Gasteiger partial charge in [0.15, 0.2) is 0 Å². The van der Waals surface area contributed by atoms with Gasteiger partial charge in [-0.3, -0.25) is 0 Å². The van der Waals surface area contributed by atoms with Gasteiger partial charge in [-0.05, 0) is 0 Å². The predicted molar refractivity (Wildman–Crippen MR) is 58.9 cm³/mol. The van der Waals surface area contributed by atoms with Gasteiger partial charge in [-0.25, -0.2) is 0 Å². The second-order valence-corrected chi connectivity index (χ2v) is 4.46. The summed E-state index contributed by atoms with van der Waals surface area (Å²) in [5.41, 5.74) is 0. The molecule has 0 aliphatic heterocycles. The molecule has 0 aromatic rings. The van der Waals surface area contributed by atoms with Gasteiger partial charge in [0.1, 0.15) is 0 Å². The first-order chi connectivity index (χ1) is 5.29. The third-order valence-electron chi connectivity index (χ3n) is 2.31. The van der Waals surface area contributed by atoms with Gasteiger partial charge < -0.3 is 36.6 Å². The van der Waals surface area contributed by atoms with E-state index in [1.54, 1.807) is 0 Å². The maximum absolute atomic E-state index is 2.20. The molecule has 0 unspecified atom stereocenters. The molecule has 0 heterocycles. The van der Waals surface area contributed by atoms with Crippen molar-refractivity contribution in [2.45, 2.75) is 55.4 Å². The van der Waals surface area contributed by atoms with Crippen molar-refractivity contribution in [3.05, 3.63) is 11.8 Å². The summed E-state index contributed by atoms with van der Waals surface area (Å²) >= 11 is 0. The van der Waals surface area contributed by atoms with E-state index in [-0.39, 0.29) is 50.7 Å². The fourth-order valence-electron chi connectivity index (χ4n) is 0. The molecule has 92 valence electrons. The Hall–Kier alpha value is 1.45. The summed E-state index contributed by atoms with van der Waals surface area (Å²) in [7, 11) is 0. The largest absolute Gasteiger partial charge is 4.00 e. The van der Waals surface area contributed by atoms with E-state index < -0.39 is 0 Å². The Bertz CT molecular complexity index is 67.6. The van der Waals surface area contributed by atoms with Gasteiger partial charge in [0.05, 0.1) is 0 Å². The fourth-order valence-corrected chi connectivity index (χ4v) is 0. The monoisotopic (exact) mass is 420 g/mol. The molecule has 0 saturated heterocycles. The first-order valence-electron chi connectivity index (χ1n) is 4.89. The van der Waals surface area contributed by atoms with Gasteiger partial charge in [-0.2, -0.15) is 39.5 Å². The minimum absolute atomic E-state index is 0. The van der Waals surface area contributed by atoms with Crippen LogP contribution in [0.15, 0.2) is 0 Å². The Morgan fingerprint density at radius 1 is 0.600 bits per heavy atom. The maximum atomic E-state index is 2.20. The van der Waals surface area contributed by atoms with Crippen molar-refractivity contribution < 1.29 is 50.7 Å². The summed E-state index contributed by atoms with van der Waals surface area (Å²) in [6, 6.07) is 0. The molecule has 0 atom stereocenters. The Morgan fingerprint density at radius 2 is 0.667 bits per heavy atom. The molecule has 0 nitrogen and oxygen atoms in total. The van der Waals surface area contributed by atoms with E-state index in [1.165, 1.54) is 11.8 Å². The van der Waals surface area contributed by atoms with Gasteiger partial charge in [0.25, 0.3) is 0 Å². The SMILES string of the molecule is C[C-](C)C(C)C.C[C-](C)C(C)C.[Cl-].[Cl-].[Hf+4]. The maximum Gasteiger partial charge on any atom is 4.00 e. The molecule has 3 heteroatoms. The van der Waals surface area contributed by atoms with Crippen LogP contribution in [0.1, 0.15) is 55.4 Å². The smallest absolute Gasteiger partial charge is 1.00 e. The van der Waals surface area contributed by atoms with Crippen molar-refractivity contribution in [2.24, 2.45) is 11.8 Å². The minimum atomic E-state index is 0. The summed E-state index contributed by atoms with van der Waals surface area (Å²) in [5, 5.41) is 0. The van der Waals surface area contributed by atoms with Crippen molar-refractivity contribution in [3.8, 4) is 0 Å². The molecule has 0 radical (unpaired) electrons. The van der Waals surface area contributed by atoms with Gasteiger partial charge in [-0.15, -0.1) is 0 Å². The van der Waals surface area contributed by atoms with Crippen molar-refractivity contribution >= 4 is 0 Å². The summed E-state index contributed by atoms with van der Waals surface area (Å²) in [5.74, 6) is 4.56. The Kier molecular flexibility index (Phi) is 35.6. The van der Waals surface area contributed by atoms with Crippen LogP contribution in [0.2, 0.25) is 0 Å².